The average molecular weight is 588 g/mol. The van der Waals surface area contributed by atoms with Gasteiger partial charge < -0.3 is 24.4 Å². The maximum atomic E-state index is 13.2. The fraction of sp³-hybridized carbons (Fsp3) is 0.312. The van der Waals surface area contributed by atoms with Crippen molar-refractivity contribution < 1.29 is 19.0 Å². The minimum atomic E-state index is -0.420. The topological polar surface area (TPSA) is 109 Å². The summed E-state index contributed by atoms with van der Waals surface area (Å²) in [6.45, 7) is 13.5. The van der Waals surface area contributed by atoms with E-state index in [1.165, 1.54) is 13.3 Å². The fourth-order valence-electron chi connectivity index (χ4n) is 4.98. The standard InChI is InChI=1S/C32H34ClN5O4/c1-7-19(3)28(35-5)18-41-23-11-12-26(25(33)13-23)37-31-21(16-34)17-36-27-15-30(29(40-6)14-24(27)31)42-32(39)38-20(4)9-10-22(38)8-2/h7,11-15,17,20,22H,1,5,8-10,18H2,2-4,6H3,(H,36,37)/b28-19-. The molecule has 2 aromatic carbocycles. The van der Waals surface area contributed by atoms with Crippen LogP contribution in [0.5, 0.6) is 17.2 Å². The first-order chi connectivity index (χ1) is 20.2. The van der Waals surface area contributed by atoms with Gasteiger partial charge in [0.2, 0.25) is 0 Å². The van der Waals surface area contributed by atoms with Gasteiger partial charge in [-0.2, -0.15) is 5.26 Å². The number of halogens is 1. The molecule has 3 aromatic rings. The number of hydrogen-bond acceptors (Lipinski definition) is 8. The molecule has 1 fully saturated rings. The highest BCUT2D eigenvalue weighted by molar-refractivity contribution is 6.33. The molecule has 218 valence electrons. The van der Waals surface area contributed by atoms with E-state index in [9.17, 15) is 10.1 Å². The van der Waals surface area contributed by atoms with Crippen molar-refractivity contribution in [2.45, 2.75) is 52.1 Å². The predicted octanol–water partition coefficient (Wildman–Crippen LogP) is 7.81. The van der Waals surface area contributed by atoms with Gasteiger partial charge in [-0.3, -0.25) is 9.98 Å². The number of aliphatic imine (C=N–C) groups is 1. The molecule has 10 heteroatoms. The summed E-state index contributed by atoms with van der Waals surface area (Å²) in [5.41, 5.74) is 3.38. The Morgan fingerprint density at radius 1 is 1.31 bits per heavy atom. The number of fused-ring (bicyclic) bond motifs is 1. The average Bonchev–Trinajstić information content (AvgIpc) is 3.38. The molecular formula is C32H34ClN5O4. The van der Waals surface area contributed by atoms with E-state index < -0.39 is 6.09 Å². The number of likely N-dealkylation sites (tertiary alicyclic amines) is 1. The number of carbonyl (C=O) groups is 1. The molecule has 0 saturated carbocycles. The van der Waals surface area contributed by atoms with E-state index >= 15 is 0 Å². The molecule has 2 unspecified atom stereocenters. The van der Waals surface area contributed by atoms with Crippen molar-refractivity contribution >= 4 is 46.7 Å². The molecule has 9 nitrogen and oxygen atoms in total. The zero-order valence-corrected chi connectivity index (χ0v) is 25.0. The van der Waals surface area contributed by atoms with Gasteiger partial charge in [0.25, 0.3) is 0 Å². The molecule has 4 rings (SSSR count). The van der Waals surface area contributed by atoms with Gasteiger partial charge in [-0.05, 0) is 63.6 Å². The number of benzene rings is 2. The number of pyridine rings is 1. The first kappa shape index (κ1) is 30.4. The molecule has 1 N–H and O–H groups in total. The smallest absolute Gasteiger partial charge is 0.415 e. The lowest BCUT2D eigenvalue weighted by molar-refractivity contribution is 0.130. The van der Waals surface area contributed by atoms with Crippen LogP contribution in [0.2, 0.25) is 5.02 Å². The summed E-state index contributed by atoms with van der Waals surface area (Å²) in [4.78, 5) is 23.4. The molecule has 0 radical (unpaired) electrons. The summed E-state index contributed by atoms with van der Waals surface area (Å²) in [6, 6.07) is 10.9. The monoisotopic (exact) mass is 587 g/mol. The Balaban J connectivity index is 1.64. The Morgan fingerprint density at radius 2 is 2.10 bits per heavy atom. The number of rotatable bonds is 10. The van der Waals surface area contributed by atoms with Crippen molar-refractivity contribution in [3.05, 3.63) is 71.0 Å². The van der Waals surface area contributed by atoms with Crippen LogP contribution in [0.15, 0.2) is 65.4 Å². The van der Waals surface area contributed by atoms with E-state index in [0.29, 0.717) is 50.1 Å². The molecule has 1 aliphatic heterocycles. The second-order valence-electron chi connectivity index (χ2n) is 9.99. The highest BCUT2D eigenvalue weighted by Gasteiger charge is 2.35. The van der Waals surface area contributed by atoms with Crippen LogP contribution in [0.1, 0.15) is 45.6 Å². The van der Waals surface area contributed by atoms with Gasteiger partial charge >= 0.3 is 6.09 Å². The molecule has 0 aliphatic carbocycles. The molecule has 2 heterocycles. The highest BCUT2D eigenvalue weighted by atomic mass is 35.5. The van der Waals surface area contributed by atoms with Crippen molar-refractivity contribution in [2.24, 2.45) is 4.99 Å². The van der Waals surface area contributed by atoms with Crippen molar-refractivity contribution in [2.75, 3.05) is 19.0 Å². The van der Waals surface area contributed by atoms with Gasteiger partial charge in [0.05, 0.1) is 40.3 Å². The summed E-state index contributed by atoms with van der Waals surface area (Å²) in [5, 5.41) is 14.1. The van der Waals surface area contributed by atoms with Crippen LogP contribution in [0.25, 0.3) is 10.9 Å². The second-order valence-corrected chi connectivity index (χ2v) is 10.4. The van der Waals surface area contributed by atoms with Crippen molar-refractivity contribution in [3.63, 3.8) is 0 Å². The Kier molecular flexibility index (Phi) is 9.71. The van der Waals surface area contributed by atoms with Crippen molar-refractivity contribution in [1.82, 2.24) is 9.88 Å². The minimum absolute atomic E-state index is 0.0935. The summed E-state index contributed by atoms with van der Waals surface area (Å²) in [6.07, 6.45) is 5.47. The summed E-state index contributed by atoms with van der Waals surface area (Å²) in [7, 11) is 1.50. The Labute approximate surface area is 251 Å². The van der Waals surface area contributed by atoms with Crippen LogP contribution in [-0.2, 0) is 0 Å². The first-order valence-corrected chi connectivity index (χ1v) is 14.0. The predicted molar refractivity (Wildman–Crippen MR) is 166 cm³/mol. The van der Waals surface area contributed by atoms with E-state index in [1.54, 1.807) is 41.3 Å². The van der Waals surface area contributed by atoms with Crippen LogP contribution in [-0.4, -0.2) is 48.5 Å². The van der Waals surface area contributed by atoms with Gasteiger partial charge in [-0.1, -0.05) is 31.2 Å². The second kappa shape index (κ2) is 13.4. The van der Waals surface area contributed by atoms with Gasteiger partial charge in [0.1, 0.15) is 18.4 Å². The molecule has 0 bridgehead atoms. The number of nitrogens with one attached hydrogen (secondary N) is 1. The molecule has 1 saturated heterocycles. The number of anilines is 2. The normalized spacial score (nSPS) is 16.8. The lowest BCUT2D eigenvalue weighted by Gasteiger charge is -2.27. The molecule has 2 atom stereocenters. The Morgan fingerprint density at radius 3 is 2.74 bits per heavy atom. The van der Waals surface area contributed by atoms with E-state index in [2.05, 4.69) is 41.6 Å². The molecular weight excluding hydrogens is 554 g/mol. The lowest BCUT2D eigenvalue weighted by Crippen LogP contribution is -2.41. The molecule has 1 aromatic heterocycles. The van der Waals surface area contributed by atoms with Crippen molar-refractivity contribution in [3.8, 4) is 23.3 Å². The molecule has 42 heavy (non-hydrogen) atoms. The Bertz CT molecular complexity index is 1600. The number of carbonyl (C=O) groups excluding carboxylic acids is 1. The highest BCUT2D eigenvalue weighted by Crippen LogP contribution is 2.39. The SMILES string of the molecule is C=C/C(C)=C(/COc1ccc(Nc2c(C#N)cnc3cc(OC(=O)N4C(C)CCC4CC)c(OC)cc23)c(Cl)c1)N=C. The van der Waals surface area contributed by atoms with Crippen LogP contribution < -0.4 is 19.5 Å². The van der Waals surface area contributed by atoms with Gasteiger partial charge in [-0.15, -0.1) is 0 Å². The number of amides is 1. The Hall–Kier alpha value is -4.55. The minimum Gasteiger partial charge on any atom is -0.493 e. The fourth-order valence-corrected chi connectivity index (χ4v) is 5.20. The summed E-state index contributed by atoms with van der Waals surface area (Å²) >= 11 is 6.61. The number of methoxy groups -OCH3 is 1. The van der Waals surface area contributed by atoms with Crippen LogP contribution in [0.3, 0.4) is 0 Å². The summed E-state index contributed by atoms with van der Waals surface area (Å²) in [5.74, 6) is 1.12. The van der Waals surface area contributed by atoms with Crippen LogP contribution in [0.4, 0.5) is 16.2 Å². The van der Waals surface area contributed by atoms with Gasteiger partial charge in [0.15, 0.2) is 11.5 Å². The summed E-state index contributed by atoms with van der Waals surface area (Å²) < 4.78 is 17.3. The van der Waals surface area contributed by atoms with E-state index in [4.69, 9.17) is 25.8 Å². The third-order valence-electron chi connectivity index (χ3n) is 7.47. The number of hydrogen-bond donors (Lipinski definition) is 1. The number of aromatic nitrogens is 1. The van der Waals surface area contributed by atoms with E-state index in [1.807, 2.05) is 13.8 Å². The van der Waals surface area contributed by atoms with Gasteiger partial charge in [-0.25, -0.2) is 4.79 Å². The third kappa shape index (κ3) is 6.34. The van der Waals surface area contributed by atoms with E-state index in [-0.39, 0.29) is 24.4 Å². The lowest BCUT2D eigenvalue weighted by atomic mass is 10.1. The van der Waals surface area contributed by atoms with Crippen molar-refractivity contribution in [1.29, 1.82) is 5.26 Å². The number of allylic oxidation sites excluding steroid dienone is 2. The zero-order valence-electron chi connectivity index (χ0n) is 24.2. The zero-order chi connectivity index (χ0) is 30.4. The molecule has 1 aliphatic rings. The first-order valence-electron chi connectivity index (χ1n) is 13.6. The maximum Gasteiger partial charge on any atom is 0.415 e. The maximum absolute atomic E-state index is 13.2. The molecule has 0 spiro atoms. The van der Waals surface area contributed by atoms with Crippen LogP contribution >= 0.6 is 11.6 Å². The number of nitrogens with zero attached hydrogens (tertiary/aromatic N) is 4. The number of ether oxygens (including phenoxy) is 3. The van der Waals surface area contributed by atoms with Gasteiger partial charge in [0, 0.05) is 35.8 Å². The number of nitriles is 1. The molecule has 1 amide bonds. The quantitative estimate of drug-likeness (QED) is 0.190. The third-order valence-corrected chi connectivity index (χ3v) is 7.78. The van der Waals surface area contributed by atoms with Crippen LogP contribution in [0, 0.1) is 11.3 Å². The van der Waals surface area contributed by atoms with E-state index in [0.717, 1.165) is 24.8 Å². The largest absolute Gasteiger partial charge is 0.493 e.